The Morgan fingerprint density at radius 2 is 1.84 bits per heavy atom. The van der Waals surface area contributed by atoms with Crippen LogP contribution in [0.1, 0.15) is 51.9 Å². The van der Waals surface area contributed by atoms with Crippen LogP contribution in [0.2, 0.25) is 0 Å². The monoisotopic (exact) mass is 265 g/mol. The molecule has 0 aliphatic heterocycles. The molecular weight excluding hydrogens is 242 g/mol. The summed E-state index contributed by atoms with van der Waals surface area (Å²) in [6.07, 6.45) is 9.46. The number of allylic oxidation sites excluding steroid dienone is 2. The van der Waals surface area contributed by atoms with Crippen molar-refractivity contribution in [1.29, 1.82) is 0 Å². The summed E-state index contributed by atoms with van der Waals surface area (Å²) in [7, 11) is 0. The lowest BCUT2D eigenvalue weighted by Crippen LogP contribution is -2.57. The lowest BCUT2D eigenvalue weighted by molar-refractivity contribution is -0.150. The maximum absolute atomic E-state index is 12.2. The average Bonchev–Trinajstić information content (AvgIpc) is 2.93. The second kappa shape index (κ2) is 5.76. The minimum atomic E-state index is -1.02. The van der Waals surface area contributed by atoms with Gasteiger partial charge in [-0.1, -0.05) is 25.5 Å². The van der Waals surface area contributed by atoms with Crippen molar-refractivity contribution < 1.29 is 14.7 Å². The zero-order valence-electron chi connectivity index (χ0n) is 11.5. The van der Waals surface area contributed by atoms with Gasteiger partial charge in [0, 0.05) is 5.92 Å². The normalized spacial score (nSPS) is 31.3. The van der Waals surface area contributed by atoms with Crippen LogP contribution in [0.5, 0.6) is 0 Å². The number of hydrogen-bond acceptors (Lipinski definition) is 2. The average molecular weight is 265 g/mol. The van der Waals surface area contributed by atoms with Crippen LogP contribution in [0.15, 0.2) is 12.2 Å². The first kappa shape index (κ1) is 14.1. The number of amides is 1. The number of hydrogen-bond donors (Lipinski definition) is 2. The number of rotatable bonds is 4. The largest absolute Gasteiger partial charge is 0.480 e. The molecule has 2 N–H and O–H groups in total. The Hall–Kier alpha value is -1.32. The van der Waals surface area contributed by atoms with E-state index in [9.17, 15) is 14.7 Å². The molecule has 0 heterocycles. The fourth-order valence-electron chi connectivity index (χ4n) is 3.14. The van der Waals surface area contributed by atoms with Crippen LogP contribution in [0.4, 0.5) is 0 Å². The molecule has 4 nitrogen and oxygen atoms in total. The maximum atomic E-state index is 12.2. The molecule has 19 heavy (non-hydrogen) atoms. The van der Waals surface area contributed by atoms with E-state index in [-0.39, 0.29) is 11.8 Å². The highest BCUT2D eigenvalue weighted by Gasteiger charge is 2.43. The van der Waals surface area contributed by atoms with Crippen molar-refractivity contribution in [2.75, 3.05) is 0 Å². The molecule has 106 valence electrons. The third kappa shape index (κ3) is 2.99. The molecule has 4 heteroatoms. The molecule has 1 amide bonds. The van der Waals surface area contributed by atoms with Crippen LogP contribution in [0.25, 0.3) is 0 Å². The minimum absolute atomic E-state index is 0.0693. The molecule has 0 saturated heterocycles. The van der Waals surface area contributed by atoms with E-state index in [1.807, 2.05) is 12.2 Å². The van der Waals surface area contributed by atoms with E-state index < -0.39 is 11.5 Å². The van der Waals surface area contributed by atoms with Gasteiger partial charge in [-0.15, -0.1) is 0 Å². The lowest BCUT2D eigenvalue weighted by Gasteiger charge is -2.37. The standard InChI is InChI=1S/C15H23NO3/c1-2-11-7-9-15(10-8-11,14(18)19)16-13(17)12-5-3-4-6-12/h3-4,11-12H,2,5-10H2,1H3,(H,16,17)(H,18,19). The van der Waals surface area contributed by atoms with Gasteiger partial charge in [0.1, 0.15) is 5.54 Å². The Labute approximate surface area is 114 Å². The van der Waals surface area contributed by atoms with Crippen molar-refractivity contribution in [3.05, 3.63) is 12.2 Å². The quantitative estimate of drug-likeness (QED) is 0.767. The summed E-state index contributed by atoms with van der Waals surface area (Å²) < 4.78 is 0. The van der Waals surface area contributed by atoms with Gasteiger partial charge in [0.15, 0.2) is 0 Å². The van der Waals surface area contributed by atoms with Crippen LogP contribution in [-0.2, 0) is 9.59 Å². The summed E-state index contributed by atoms with van der Waals surface area (Å²) in [4.78, 5) is 23.8. The molecule has 0 aromatic rings. The Bertz CT molecular complexity index is 373. The molecule has 0 atom stereocenters. The number of nitrogens with one attached hydrogen (secondary N) is 1. The van der Waals surface area contributed by atoms with Gasteiger partial charge in [-0.3, -0.25) is 4.79 Å². The summed E-state index contributed by atoms with van der Waals surface area (Å²) in [6.45, 7) is 2.14. The maximum Gasteiger partial charge on any atom is 0.329 e. The fraction of sp³-hybridized carbons (Fsp3) is 0.733. The van der Waals surface area contributed by atoms with Crippen LogP contribution in [0.3, 0.4) is 0 Å². The molecule has 0 spiro atoms. The zero-order valence-corrected chi connectivity index (χ0v) is 11.5. The second-order valence-electron chi connectivity index (χ2n) is 5.87. The summed E-state index contributed by atoms with van der Waals surface area (Å²) >= 11 is 0. The predicted molar refractivity (Wildman–Crippen MR) is 72.6 cm³/mol. The Balaban J connectivity index is 2.00. The summed E-state index contributed by atoms with van der Waals surface area (Å²) in [5, 5.41) is 12.3. The molecule has 2 aliphatic carbocycles. The van der Waals surface area contributed by atoms with E-state index in [1.165, 1.54) is 0 Å². The number of aliphatic carboxylic acids is 1. The van der Waals surface area contributed by atoms with Gasteiger partial charge >= 0.3 is 5.97 Å². The van der Waals surface area contributed by atoms with Crippen LogP contribution in [-0.4, -0.2) is 22.5 Å². The van der Waals surface area contributed by atoms with E-state index in [2.05, 4.69) is 12.2 Å². The van der Waals surface area contributed by atoms with Gasteiger partial charge in [0.25, 0.3) is 0 Å². The van der Waals surface area contributed by atoms with Crippen molar-refractivity contribution in [3.8, 4) is 0 Å². The third-order valence-corrected chi connectivity index (χ3v) is 4.69. The lowest BCUT2D eigenvalue weighted by atomic mass is 9.75. The first-order chi connectivity index (χ1) is 9.07. The smallest absolute Gasteiger partial charge is 0.329 e. The second-order valence-corrected chi connectivity index (χ2v) is 5.87. The van der Waals surface area contributed by atoms with Crippen LogP contribution < -0.4 is 5.32 Å². The minimum Gasteiger partial charge on any atom is -0.480 e. The highest BCUT2D eigenvalue weighted by atomic mass is 16.4. The Morgan fingerprint density at radius 1 is 1.26 bits per heavy atom. The predicted octanol–water partition coefficient (Wildman–Crippen LogP) is 2.49. The molecule has 0 bridgehead atoms. The topological polar surface area (TPSA) is 66.4 Å². The van der Waals surface area contributed by atoms with Gasteiger partial charge in [-0.05, 0) is 44.4 Å². The number of carbonyl (C=O) groups excluding carboxylic acids is 1. The van der Waals surface area contributed by atoms with Gasteiger partial charge in [0.05, 0.1) is 0 Å². The SMILES string of the molecule is CCC1CCC(NC(=O)C2CC=CC2)(C(=O)O)CC1. The van der Waals surface area contributed by atoms with Crippen molar-refractivity contribution >= 4 is 11.9 Å². The first-order valence-electron chi connectivity index (χ1n) is 7.28. The van der Waals surface area contributed by atoms with Crippen molar-refractivity contribution in [2.45, 2.75) is 57.4 Å². The van der Waals surface area contributed by atoms with E-state index in [0.717, 1.165) is 32.1 Å². The fourth-order valence-corrected chi connectivity index (χ4v) is 3.14. The van der Waals surface area contributed by atoms with Gasteiger partial charge < -0.3 is 10.4 Å². The molecule has 2 rings (SSSR count). The first-order valence-corrected chi connectivity index (χ1v) is 7.28. The molecule has 1 fully saturated rings. The van der Waals surface area contributed by atoms with Gasteiger partial charge in [0.2, 0.25) is 5.91 Å². The highest BCUT2D eigenvalue weighted by molar-refractivity contribution is 5.88. The third-order valence-electron chi connectivity index (χ3n) is 4.69. The Kier molecular flexibility index (Phi) is 4.27. The molecule has 1 saturated carbocycles. The molecule has 0 unspecified atom stereocenters. The van der Waals surface area contributed by atoms with Crippen molar-refractivity contribution in [3.63, 3.8) is 0 Å². The van der Waals surface area contributed by atoms with Crippen LogP contribution >= 0.6 is 0 Å². The molecule has 2 aliphatic rings. The zero-order chi connectivity index (χ0) is 13.9. The van der Waals surface area contributed by atoms with E-state index in [4.69, 9.17) is 0 Å². The molecule has 0 radical (unpaired) electrons. The summed E-state index contributed by atoms with van der Waals surface area (Å²) in [5.41, 5.74) is -1.02. The van der Waals surface area contributed by atoms with Crippen LogP contribution in [0, 0.1) is 11.8 Å². The van der Waals surface area contributed by atoms with Crippen molar-refractivity contribution in [2.24, 2.45) is 11.8 Å². The summed E-state index contributed by atoms with van der Waals surface area (Å²) in [5.74, 6) is -0.429. The summed E-state index contributed by atoms with van der Waals surface area (Å²) in [6, 6.07) is 0. The number of carboxylic acids is 1. The van der Waals surface area contributed by atoms with Gasteiger partial charge in [-0.2, -0.15) is 0 Å². The van der Waals surface area contributed by atoms with E-state index in [1.54, 1.807) is 0 Å². The van der Waals surface area contributed by atoms with E-state index >= 15 is 0 Å². The van der Waals surface area contributed by atoms with Gasteiger partial charge in [-0.25, -0.2) is 4.79 Å². The Morgan fingerprint density at radius 3 is 2.32 bits per heavy atom. The molecule has 0 aromatic carbocycles. The number of carbonyl (C=O) groups is 2. The van der Waals surface area contributed by atoms with E-state index in [0.29, 0.717) is 18.8 Å². The molecular formula is C15H23NO3. The molecule has 0 aromatic heterocycles. The number of carboxylic acid groups (broad SMARTS) is 1. The highest BCUT2D eigenvalue weighted by Crippen LogP contribution is 2.34. The van der Waals surface area contributed by atoms with Crippen molar-refractivity contribution in [1.82, 2.24) is 5.32 Å².